The van der Waals surface area contributed by atoms with Crippen LogP contribution < -0.4 is 5.32 Å². The minimum absolute atomic E-state index is 0.659. The first-order valence-corrected chi connectivity index (χ1v) is 6.02. The first-order valence-electron chi connectivity index (χ1n) is 6.02. The summed E-state index contributed by atoms with van der Waals surface area (Å²) in [6.07, 6.45) is 5.73. The van der Waals surface area contributed by atoms with Crippen molar-refractivity contribution in [3.05, 3.63) is 0 Å². The predicted molar refractivity (Wildman–Crippen MR) is 62.6 cm³/mol. The second-order valence-electron chi connectivity index (χ2n) is 4.97. The SMILES string of the molecule is CNC(CN(C)C(C)C)C1CCCC1. The minimum atomic E-state index is 0.659. The summed E-state index contributed by atoms with van der Waals surface area (Å²) in [5, 5.41) is 3.49. The third-order valence-corrected chi connectivity index (χ3v) is 3.71. The molecule has 1 rings (SSSR count). The molecule has 1 unspecified atom stereocenters. The summed E-state index contributed by atoms with van der Waals surface area (Å²) in [6, 6.07) is 1.36. The summed E-state index contributed by atoms with van der Waals surface area (Å²) in [5.41, 5.74) is 0. The summed E-state index contributed by atoms with van der Waals surface area (Å²) in [7, 11) is 4.33. The third kappa shape index (κ3) is 3.25. The summed E-state index contributed by atoms with van der Waals surface area (Å²) < 4.78 is 0. The van der Waals surface area contributed by atoms with E-state index in [-0.39, 0.29) is 0 Å². The van der Waals surface area contributed by atoms with Gasteiger partial charge in [-0.2, -0.15) is 0 Å². The fourth-order valence-electron chi connectivity index (χ4n) is 2.36. The Labute approximate surface area is 89.1 Å². The van der Waals surface area contributed by atoms with Gasteiger partial charge >= 0.3 is 0 Å². The minimum Gasteiger partial charge on any atom is -0.315 e. The molecule has 0 saturated heterocycles. The molecule has 2 nitrogen and oxygen atoms in total. The van der Waals surface area contributed by atoms with Crippen LogP contribution in [0.15, 0.2) is 0 Å². The van der Waals surface area contributed by atoms with Gasteiger partial charge in [0.15, 0.2) is 0 Å². The fraction of sp³-hybridized carbons (Fsp3) is 1.00. The number of hydrogen-bond donors (Lipinski definition) is 1. The van der Waals surface area contributed by atoms with Gasteiger partial charge in [0, 0.05) is 18.6 Å². The molecule has 2 heteroatoms. The Balaban J connectivity index is 2.37. The van der Waals surface area contributed by atoms with Crippen molar-refractivity contribution in [2.45, 2.75) is 51.6 Å². The molecule has 14 heavy (non-hydrogen) atoms. The Bertz CT molecular complexity index is 150. The van der Waals surface area contributed by atoms with Gasteiger partial charge in [0.2, 0.25) is 0 Å². The quantitative estimate of drug-likeness (QED) is 0.728. The molecule has 1 saturated carbocycles. The topological polar surface area (TPSA) is 15.3 Å². The van der Waals surface area contributed by atoms with Gasteiger partial charge < -0.3 is 10.2 Å². The average Bonchev–Trinajstić information content (AvgIpc) is 2.66. The monoisotopic (exact) mass is 198 g/mol. The van der Waals surface area contributed by atoms with Gasteiger partial charge in [-0.25, -0.2) is 0 Å². The van der Waals surface area contributed by atoms with Gasteiger partial charge in [-0.1, -0.05) is 12.8 Å². The number of likely N-dealkylation sites (N-methyl/N-ethyl adjacent to an activating group) is 2. The van der Waals surface area contributed by atoms with Crippen molar-refractivity contribution in [1.82, 2.24) is 10.2 Å². The van der Waals surface area contributed by atoms with Crippen molar-refractivity contribution in [3.63, 3.8) is 0 Å². The lowest BCUT2D eigenvalue weighted by atomic mass is 9.97. The van der Waals surface area contributed by atoms with E-state index in [0.717, 1.165) is 5.92 Å². The number of nitrogens with one attached hydrogen (secondary N) is 1. The second kappa shape index (κ2) is 5.72. The molecule has 1 aliphatic carbocycles. The Morgan fingerprint density at radius 2 is 1.86 bits per heavy atom. The zero-order chi connectivity index (χ0) is 10.6. The lowest BCUT2D eigenvalue weighted by molar-refractivity contribution is 0.213. The van der Waals surface area contributed by atoms with E-state index in [1.807, 2.05) is 0 Å². The molecule has 0 aromatic carbocycles. The molecule has 1 N–H and O–H groups in total. The maximum absolute atomic E-state index is 3.49. The third-order valence-electron chi connectivity index (χ3n) is 3.71. The molecular weight excluding hydrogens is 172 g/mol. The highest BCUT2D eigenvalue weighted by Crippen LogP contribution is 2.27. The molecule has 0 bridgehead atoms. The van der Waals surface area contributed by atoms with Crippen molar-refractivity contribution in [2.24, 2.45) is 5.92 Å². The Hall–Kier alpha value is -0.0800. The molecule has 0 aromatic heterocycles. The number of nitrogens with zero attached hydrogens (tertiary/aromatic N) is 1. The average molecular weight is 198 g/mol. The van der Waals surface area contributed by atoms with Crippen LogP contribution in [0.5, 0.6) is 0 Å². The number of rotatable bonds is 5. The van der Waals surface area contributed by atoms with Crippen molar-refractivity contribution < 1.29 is 0 Å². The lowest BCUT2D eigenvalue weighted by Gasteiger charge is -2.30. The van der Waals surface area contributed by atoms with Crippen molar-refractivity contribution in [2.75, 3.05) is 20.6 Å². The van der Waals surface area contributed by atoms with Crippen LogP contribution in [0.3, 0.4) is 0 Å². The normalized spacial score (nSPS) is 21.0. The van der Waals surface area contributed by atoms with Gasteiger partial charge in [0.1, 0.15) is 0 Å². The van der Waals surface area contributed by atoms with E-state index in [1.165, 1.54) is 32.2 Å². The van der Waals surface area contributed by atoms with Gasteiger partial charge in [0.25, 0.3) is 0 Å². The van der Waals surface area contributed by atoms with Crippen LogP contribution in [0.2, 0.25) is 0 Å². The van der Waals surface area contributed by atoms with Gasteiger partial charge in [-0.3, -0.25) is 0 Å². The van der Waals surface area contributed by atoms with E-state index in [4.69, 9.17) is 0 Å². The summed E-state index contributed by atoms with van der Waals surface area (Å²) in [4.78, 5) is 2.44. The molecule has 0 radical (unpaired) electrons. The van der Waals surface area contributed by atoms with Crippen LogP contribution in [0.4, 0.5) is 0 Å². The smallest absolute Gasteiger partial charge is 0.0220 e. The molecular formula is C12H26N2. The van der Waals surface area contributed by atoms with Crippen LogP contribution in [0.1, 0.15) is 39.5 Å². The Morgan fingerprint density at radius 1 is 1.29 bits per heavy atom. The highest BCUT2D eigenvalue weighted by Gasteiger charge is 2.24. The van der Waals surface area contributed by atoms with Crippen molar-refractivity contribution in [1.29, 1.82) is 0 Å². The van der Waals surface area contributed by atoms with Crippen molar-refractivity contribution in [3.8, 4) is 0 Å². The predicted octanol–water partition coefficient (Wildman–Crippen LogP) is 2.10. The van der Waals surface area contributed by atoms with Crippen molar-refractivity contribution >= 4 is 0 Å². The largest absolute Gasteiger partial charge is 0.315 e. The molecule has 1 atom stereocenters. The molecule has 0 aromatic rings. The van der Waals surface area contributed by atoms with E-state index >= 15 is 0 Å². The second-order valence-corrected chi connectivity index (χ2v) is 4.97. The van der Waals surface area contributed by atoms with E-state index < -0.39 is 0 Å². The zero-order valence-electron chi connectivity index (χ0n) is 10.2. The molecule has 1 aliphatic rings. The first kappa shape index (κ1) is 12.0. The fourth-order valence-corrected chi connectivity index (χ4v) is 2.36. The molecule has 0 aliphatic heterocycles. The molecule has 0 amide bonds. The summed E-state index contributed by atoms with van der Waals surface area (Å²) in [5.74, 6) is 0.918. The summed E-state index contributed by atoms with van der Waals surface area (Å²) in [6.45, 7) is 5.72. The van der Waals surface area contributed by atoms with Crippen LogP contribution in [-0.4, -0.2) is 37.6 Å². The molecule has 0 heterocycles. The zero-order valence-corrected chi connectivity index (χ0v) is 10.2. The van der Waals surface area contributed by atoms with Crippen LogP contribution in [-0.2, 0) is 0 Å². The van der Waals surface area contributed by atoms with E-state index in [9.17, 15) is 0 Å². The van der Waals surface area contributed by atoms with Crippen LogP contribution in [0.25, 0.3) is 0 Å². The first-order chi connectivity index (χ1) is 6.65. The number of hydrogen-bond acceptors (Lipinski definition) is 2. The Kier molecular flexibility index (Phi) is 4.90. The van der Waals surface area contributed by atoms with Gasteiger partial charge in [0.05, 0.1) is 0 Å². The van der Waals surface area contributed by atoms with Crippen LogP contribution in [0, 0.1) is 5.92 Å². The highest BCUT2D eigenvalue weighted by atomic mass is 15.1. The van der Waals surface area contributed by atoms with Gasteiger partial charge in [-0.05, 0) is 46.7 Å². The van der Waals surface area contributed by atoms with E-state index in [1.54, 1.807) is 0 Å². The van der Waals surface area contributed by atoms with E-state index in [2.05, 4.69) is 38.2 Å². The molecule has 84 valence electrons. The lowest BCUT2D eigenvalue weighted by Crippen LogP contribution is -2.44. The summed E-state index contributed by atoms with van der Waals surface area (Å²) >= 11 is 0. The maximum atomic E-state index is 3.49. The van der Waals surface area contributed by atoms with E-state index in [0.29, 0.717) is 12.1 Å². The molecule has 0 spiro atoms. The standard InChI is InChI=1S/C12H26N2/c1-10(2)14(4)9-12(13-3)11-7-5-6-8-11/h10-13H,5-9H2,1-4H3. The maximum Gasteiger partial charge on any atom is 0.0220 e. The van der Waals surface area contributed by atoms with Crippen LogP contribution >= 0.6 is 0 Å². The Morgan fingerprint density at radius 3 is 2.29 bits per heavy atom. The highest BCUT2D eigenvalue weighted by molar-refractivity contribution is 4.82. The van der Waals surface area contributed by atoms with Gasteiger partial charge in [-0.15, -0.1) is 0 Å². The molecule has 1 fully saturated rings.